The molecule has 0 radical (unpaired) electrons. The van der Waals surface area contributed by atoms with E-state index in [-0.39, 0.29) is 37.2 Å². The van der Waals surface area contributed by atoms with E-state index >= 15 is 0 Å². The lowest BCUT2D eigenvalue weighted by atomic mass is 10.0. The second-order valence-electron chi connectivity index (χ2n) is 8.48. The molecular weight excluding hydrogens is 462 g/mol. The summed E-state index contributed by atoms with van der Waals surface area (Å²) >= 11 is 0. The minimum absolute atomic E-state index is 0.103. The van der Waals surface area contributed by atoms with Gasteiger partial charge in [0.2, 0.25) is 17.7 Å². The van der Waals surface area contributed by atoms with Crippen LogP contribution in [0.15, 0.2) is 54.6 Å². The Hall–Kier alpha value is -4.01. The fourth-order valence-electron chi connectivity index (χ4n) is 3.37. The lowest BCUT2D eigenvalue weighted by Crippen LogP contribution is -2.48. The van der Waals surface area contributed by atoms with Crippen molar-refractivity contribution < 1.29 is 28.7 Å². The number of nitrogens with one attached hydrogen (secondary N) is 3. The van der Waals surface area contributed by atoms with Crippen LogP contribution in [0.1, 0.15) is 50.7 Å². The molecule has 0 bridgehead atoms. The zero-order valence-electron chi connectivity index (χ0n) is 20.7. The fourth-order valence-corrected chi connectivity index (χ4v) is 3.37. The van der Waals surface area contributed by atoms with Crippen molar-refractivity contribution in [2.75, 3.05) is 11.9 Å². The number of benzene rings is 2. The van der Waals surface area contributed by atoms with Gasteiger partial charge in [0, 0.05) is 31.9 Å². The normalized spacial score (nSPS) is 11.2. The first-order chi connectivity index (χ1) is 17.2. The highest BCUT2D eigenvalue weighted by molar-refractivity contribution is 5.91. The van der Waals surface area contributed by atoms with Gasteiger partial charge in [0.1, 0.15) is 25.0 Å². The number of rotatable bonds is 14. The highest BCUT2D eigenvalue weighted by atomic mass is 16.5. The van der Waals surface area contributed by atoms with E-state index in [9.17, 15) is 24.0 Å². The van der Waals surface area contributed by atoms with Gasteiger partial charge >= 0.3 is 5.97 Å². The topological polar surface area (TPSA) is 131 Å². The van der Waals surface area contributed by atoms with Crippen LogP contribution < -0.4 is 16.0 Å². The minimum Gasteiger partial charge on any atom is -0.460 e. The third kappa shape index (κ3) is 11.4. The van der Waals surface area contributed by atoms with Crippen LogP contribution in [-0.4, -0.2) is 42.1 Å². The maximum atomic E-state index is 12.6. The molecule has 0 saturated heterocycles. The quantitative estimate of drug-likeness (QED) is 0.273. The zero-order valence-corrected chi connectivity index (χ0v) is 20.7. The van der Waals surface area contributed by atoms with Crippen molar-refractivity contribution >= 4 is 35.2 Å². The Morgan fingerprint density at radius 1 is 0.833 bits per heavy atom. The van der Waals surface area contributed by atoms with E-state index in [1.54, 1.807) is 24.3 Å². The van der Waals surface area contributed by atoms with Gasteiger partial charge in [0.05, 0.1) is 0 Å². The lowest BCUT2D eigenvalue weighted by molar-refractivity contribution is -0.145. The third-order valence-corrected chi connectivity index (χ3v) is 5.20. The van der Waals surface area contributed by atoms with E-state index in [0.717, 1.165) is 11.1 Å². The Balaban J connectivity index is 1.83. The van der Waals surface area contributed by atoms with E-state index in [4.69, 9.17) is 4.74 Å². The molecule has 2 aromatic rings. The van der Waals surface area contributed by atoms with E-state index in [1.807, 2.05) is 30.3 Å². The number of ether oxygens (including phenoxy) is 1. The van der Waals surface area contributed by atoms with Gasteiger partial charge in [-0.05, 0) is 43.0 Å². The Morgan fingerprint density at radius 3 is 2.14 bits per heavy atom. The standard InChI is InChI=1S/C27H33N3O6/c1-19(31)8-6-7-11-25(33)30-23-14-12-21(13-15-23)16-24(29-20(2)32)27(35)28-17-26(34)36-18-22-9-4-3-5-10-22/h3-5,9-10,12-15,24H,6-8,11,16-18H2,1-2H3,(H,28,35)(H,29,32)(H,30,33)/t24-/m0/s1. The summed E-state index contributed by atoms with van der Waals surface area (Å²) < 4.78 is 5.15. The van der Waals surface area contributed by atoms with E-state index in [1.165, 1.54) is 13.8 Å². The molecule has 2 aromatic carbocycles. The number of hydrogen-bond donors (Lipinski definition) is 3. The zero-order chi connectivity index (χ0) is 26.3. The molecule has 36 heavy (non-hydrogen) atoms. The van der Waals surface area contributed by atoms with Crippen LogP contribution in [0.2, 0.25) is 0 Å². The molecule has 192 valence electrons. The average Bonchev–Trinajstić information content (AvgIpc) is 2.85. The van der Waals surface area contributed by atoms with Gasteiger partial charge in [-0.15, -0.1) is 0 Å². The summed E-state index contributed by atoms with van der Waals surface area (Å²) in [6.45, 7) is 2.62. The van der Waals surface area contributed by atoms with Crippen molar-refractivity contribution in [2.24, 2.45) is 0 Å². The van der Waals surface area contributed by atoms with Crippen LogP contribution >= 0.6 is 0 Å². The fraction of sp³-hybridized carbons (Fsp3) is 0.370. The molecule has 1 atom stereocenters. The van der Waals surface area contributed by atoms with Crippen molar-refractivity contribution in [1.29, 1.82) is 0 Å². The summed E-state index contributed by atoms with van der Waals surface area (Å²) in [7, 11) is 0. The first-order valence-corrected chi connectivity index (χ1v) is 11.9. The maximum absolute atomic E-state index is 12.6. The van der Waals surface area contributed by atoms with E-state index < -0.39 is 17.9 Å². The lowest BCUT2D eigenvalue weighted by Gasteiger charge is -2.18. The second kappa shape index (κ2) is 15.1. The molecule has 2 rings (SSSR count). The average molecular weight is 496 g/mol. The number of carbonyl (C=O) groups excluding carboxylic acids is 5. The van der Waals surface area contributed by atoms with Crippen LogP contribution in [0.25, 0.3) is 0 Å². The van der Waals surface area contributed by atoms with Gasteiger partial charge < -0.3 is 25.5 Å². The maximum Gasteiger partial charge on any atom is 0.325 e. The van der Waals surface area contributed by atoms with Crippen LogP contribution in [-0.2, 0) is 41.7 Å². The summed E-state index contributed by atoms with van der Waals surface area (Å²) in [4.78, 5) is 59.2. The summed E-state index contributed by atoms with van der Waals surface area (Å²) in [5.41, 5.74) is 2.20. The monoisotopic (exact) mass is 495 g/mol. The van der Waals surface area contributed by atoms with Crippen LogP contribution in [0, 0.1) is 0 Å². The first kappa shape index (κ1) is 28.2. The molecular formula is C27H33N3O6. The van der Waals surface area contributed by atoms with Crippen molar-refractivity contribution in [2.45, 2.75) is 58.6 Å². The SMILES string of the molecule is CC(=O)CCCCC(=O)Nc1ccc(C[C@H](NC(C)=O)C(=O)NCC(=O)OCc2ccccc2)cc1. The Labute approximate surface area is 211 Å². The van der Waals surface area contributed by atoms with Crippen molar-refractivity contribution in [1.82, 2.24) is 10.6 Å². The highest BCUT2D eigenvalue weighted by Gasteiger charge is 2.21. The van der Waals surface area contributed by atoms with Crippen molar-refractivity contribution in [3.63, 3.8) is 0 Å². The number of ketones is 1. The molecule has 0 aliphatic heterocycles. The predicted octanol–water partition coefficient (Wildman–Crippen LogP) is 2.68. The van der Waals surface area contributed by atoms with Crippen LogP contribution in [0.5, 0.6) is 0 Å². The number of Topliss-reactive ketones (excluding diaryl/α,β-unsaturated/α-hetero) is 1. The van der Waals surface area contributed by atoms with Crippen molar-refractivity contribution in [3.8, 4) is 0 Å². The second-order valence-corrected chi connectivity index (χ2v) is 8.48. The minimum atomic E-state index is -0.883. The predicted molar refractivity (Wildman–Crippen MR) is 135 cm³/mol. The summed E-state index contributed by atoms with van der Waals surface area (Å²) in [6, 6.07) is 15.2. The van der Waals surface area contributed by atoms with Crippen molar-refractivity contribution in [3.05, 3.63) is 65.7 Å². The molecule has 0 saturated carbocycles. The highest BCUT2D eigenvalue weighted by Crippen LogP contribution is 2.13. The van der Waals surface area contributed by atoms with Gasteiger partial charge in [-0.2, -0.15) is 0 Å². The summed E-state index contributed by atoms with van der Waals surface area (Å²) in [5, 5.41) is 7.90. The first-order valence-electron chi connectivity index (χ1n) is 11.9. The molecule has 0 unspecified atom stereocenters. The van der Waals surface area contributed by atoms with Gasteiger partial charge in [-0.1, -0.05) is 42.5 Å². The number of hydrogen-bond acceptors (Lipinski definition) is 6. The Kier molecular flexibility index (Phi) is 11.8. The summed E-state index contributed by atoms with van der Waals surface area (Å²) in [6.07, 6.45) is 2.31. The smallest absolute Gasteiger partial charge is 0.325 e. The molecule has 0 spiro atoms. The molecule has 9 nitrogen and oxygen atoms in total. The Morgan fingerprint density at radius 2 is 1.50 bits per heavy atom. The number of amides is 3. The summed E-state index contributed by atoms with van der Waals surface area (Å²) in [5.74, 6) is -1.50. The largest absolute Gasteiger partial charge is 0.460 e. The third-order valence-electron chi connectivity index (χ3n) is 5.20. The van der Waals surface area contributed by atoms with Gasteiger partial charge in [0.15, 0.2) is 0 Å². The molecule has 0 aliphatic carbocycles. The molecule has 0 aromatic heterocycles. The van der Waals surface area contributed by atoms with Crippen LogP contribution in [0.4, 0.5) is 5.69 Å². The Bertz CT molecular complexity index is 1040. The molecule has 0 aliphatic rings. The van der Waals surface area contributed by atoms with Crippen LogP contribution in [0.3, 0.4) is 0 Å². The molecule has 0 heterocycles. The molecule has 0 fully saturated rings. The van der Waals surface area contributed by atoms with E-state index in [0.29, 0.717) is 31.4 Å². The van der Waals surface area contributed by atoms with Gasteiger partial charge in [-0.3, -0.25) is 19.2 Å². The number of carbonyl (C=O) groups is 5. The molecule has 9 heteroatoms. The molecule has 3 N–H and O–H groups in total. The number of unbranched alkanes of at least 4 members (excludes halogenated alkanes) is 1. The van der Waals surface area contributed by atoms with E-state index in [2.05, 4.69) is 16.0 Å². The van der Waals surface area contributed by atoms with Gasteiger partial charge in [-0.25, -0.2) is 0 Å². The number of esters is 1. The number of anilines is 1. The molecule has 3 amide bonds. The van der Waals surface area contributed by atoms with Gasteiger partial charge in [0.25, 0.3) is 0 Å².